The van der Waals surface area contributed by atoms with Crippen LogP contribution in [0.4, 0.5) is 10.7 Å². The van der Waals surface area contributed by atoms with Gasteiger partial charge in [0.1, 0.15) is 6.54 Å². The number of nitrogens with two attached hydrogens (primary N) is 1. The number of fused-ring (bicyclic) bond motifs is 1. The van der Waals surface area contributed by atoms with E-state index in [1.54, 1.807) is 11.6 Å². The van der Waals surface area contributed by atoms with E-state index >= 15 is 0 Å². The number of carboxylic acid groups (broad SMARTS) is 1. The van der Waals surface area contributed by atoms with Crippen LogP contribution in [-0.2, 0) is 21.4 Å². The van der Waals surface area contributed by atoms with Crippen LogP contribution in [0.15, 0.2) is 11.1 Å². The molecule has 1 saturated heterocycles. The SMILES string of the molecule is CC(C)CC(=O)NCC(=O)O.Cn1cnc2nc(N)[nH]c(=O)c21.O=C1CCNC(=O)N1. The van der Waals surface area contributed by atoms with Gasteiger partial charge in [-0.25, -0.2) is 9.78 Å². The molecule has 170 valence electrons. The van der Waals surface area contributed by atoms with E-state index in [-0.39, 0.29) is 41.8 Å². The van der Waals surface area contributed by atoms with Crippen LogP contribution in [-0.4, -0.2) is 61.5 Å². The van der Waals surface area contributed by atoms with Crippen molar-refractivity contribution in [2.75, 3.05) is 18.8 Å². The Labute approximate surface area is 176 Å². The van der Waals surface area contributed by atoms with Crippen LogP contribution in [0.5, 0.6) is 0 Å². The predicted molar refractivity (Wildman–Crippen MR) is 110 cm³/mol. The van der Waals surface area contributed by atoms with Gasteiger partial charge < -0.3 is 26.0 Å². The first kappa shape index (κ1) is 25.1. The molecule has 14 nitrogen and oxygen atoms in total. The number of nitrogen functional groups attached to an aromatic ring is 1. The Bertz CT molecular complexity index is 982. The molecule has 0 radical (unpaired) electrons. The molecule has 0 spiro atoms. The lowest BCUT2D eigenvalue weighted by atomic mass is 10.1. The van der Waals surface area contributed by atoms with Crippen molar-refractivity contribution < 1.29 is 24.3 Å². The number of urea groups is 1. The van der Waals surface area contributed by atoms with Gasteiger partial charge in [0, 0.05) is 26.4 Å². The number of aliphatic carboxylic acids is 1. The lowest BCUT2D eigenvalue weighted by Gasteiger charge is -2.10. The Hall–Kier alpha value is -3.97. The summed E-state index contributed by atoms with van der Waals surface area (Å²) in [5.41, 5.74) is 5.86. The number of imidazole rings is 1. The topological polar surface area (TPSA) is 214 Å². The van der Waals surface area contributed by atoms with Gasteiger partial charge in [-0.1, -0.05) is 13.8 Å². The van der Waals surface area contributed by atoms with Gasteiger partial charge in [0.05, 0.1) is 6.33 Å². The van der Waals surface area contributed by atoms with E-state index in [2.05, 4.69) is 30.9 Å². The van der Waals surface area contributed by atoms with Gasteiger partial charge in [0.15, 0.2) is 11.2 Å². The number of aryl methyl sites for hydroxylation is 1. The third kappa shape index (κ3) is 9.38. The molecule has 0 aromatic carbocycles. The molecule has 0 aliphatic carbocycles. The van der Waals surface area contributed by atoms with E-state index in [9.17, 15) is 24.0 Å². The normalized spacial score (nSPS) is 12.6. The molecule has 0 unspecified atom stereocenters. The number of nitrogens with zero attached hydrogens (tertiary/aromatic N) is 3. The van der Waals surface area contributed by atoms with Crippen molar-refractivity contribution in [3.63, 3.8) is 0 Å². The zero-order chi connectivity index (χ0) is 23.6. The first-order valence-corrected chi connectivity index (χ1v) is 9.22. The summed E-state index contributed by atoms with van der Waals surface area (Å²) in [6, 6.07) is -0.388. The predicted octanol–water partition coefficient (Wildman–Crippen LogP) is -1.31. The van der Waals surface area contributed by atoms with Crippen LogP contribution in [0.25, 0.3) is 11.2 Å². The average molecular weight is 438 g/mol. The van der Waals surface area contributed by atoms with Gasteiger partial charge in [-0.05, 0) is 5.92 Å². The highest BCUT2D eigenvalue weighted by Crippen LogP contribution is 2.02. The number of amides is 4. The number of hydrogen-bond acceptors (Lipinski definition) is 8. The van der Waals surface area contributed by atoms with E-state index in [4.69, 9.17) is 10.8 Å². The minimum atomic E-state index is -1.01. The van der Waals surface area contributed by atoms with E-state index in [1.807, 2.05) is 13.8 Å². The quantitative estimate of drug-likeness (QED) is 0.333. The maximum absolute atomic E-state index is 11.2. The van der Waals surface area contributed by atoms with Crippen LogP contribution < -0.4 is 27.2 Å². The molecule has 7 N–H and O–H groups in total. The number of aromatic amines is 1. The highest BCUT2D eigenvalue weighted by molar-refractivity contribution is 5.96. The number of rotatable bonds is 4. The Morgan fingerprint density at radius 3 is 2.52 bits per heavy atom. The summed E-state index contributed by atoms with van der Waals surface area (Å²) in [4.78, 5) is 62.7. The zero-order valence-electron chi connectivity index (χ0n) is 17.4. The van der Waals surface area contributed by atoms with Crippen LogP contribution in [0.3, 0.4) is 0 Å². The second kappa shape index (κ2) is 11.9. The fourth-order valence-corrected chi connectivity index (χ4v) is 2.22. The highest BCUT2D eigenvalue weighted by atomic mass is 16.4. The van der Waals surface area contributed by atoms with Gasteiger partial charge in [0.2, 0.25) is 17.8 Å². The molecule has 3 rings (SSSR count). The highest BCUT2D eigenvalue weighted by Gasteiger charge is 2.11. The van der Waals surface area contributed by atoms with Crippen molar-refractivity contribution in [3.05, 3.63) is 16.7 Å². The molecule has 14 heteroatoms. The summed E-state index contributed by atoms with van der Waals surface area (Å²) < 4.78 is 1.60. The van der Waals surface area contributed by atoms with Crippen molar-refractivity contribution in [3.8, 4) is 0 Å². The minimum absolute atomic E-state index is 0.0891. The Kier molecular flexibility index (Phi) is 9.62. The molecule has 2 aromatic heterocycles. The average Bonchev–Trinajstić information content (AvgIpc) is 3.01. The Morgan fingerprint density at radius 2 is 2.00 bits per heavy atom. The molecule has 0 bridgehead atoms. The van der Waals surface area contributed by atoms with Gasteiger partial charge in [-0.2, -0.15) is 4.98 Å². The molecule has 0 atom stereocenters. The number of anilines is 1. The first-order valence-electron chi connectivity index (χ1n) is 9.22. The summed E-state index contributed by atoms with van der Waals surface area (Å²) in [5.74, 6) is -1.06. The van der Waals surface area contributed by atoms with Crippen LogP contribution in [0, 0.1) is 5.92 Å². The molecule has 2 aromatic rings. The van der Waals surface area contributed by atoms with Crippen LogP contribution in [0.1, 0.15) is 26.7 Å². The number of nitrogens with one attached hydrogen (secondary N) is 4. The molecule has 3 heterocycles. The third-order valence-corrected chi connectivity index (χ3v) is 3.52. The smallest absolute Gasteiger partial charge is 0.322 e. The fourth-order valence-electron chi connectivity index (χ4n) is 2.22. The van der Waals surface area contributed by atoms with Crippen molar-refractivity contribution in [1.29, 1.82) is 0 Å². The van der Waals surface area contributed by atoms with Crippen molar-refractivity contribution in [1.82, 2.24) is 35.5 Å². The molecular weight excluding hydrogens is 412 g/mol. The summed E-state index contributed by atoms with van der Waals surface area (Å²) in [5, 5.41) is 15.0. The molecule has 0 saturated carbocycles. The van der Waals surface area contributed by atoms with Crippen LogP contribution >= 0.6 is 0 Å². The standard InChI is InChI=1S/C7H13NO3.C6H7N5O.C4H6N2O2/c1-5(2)3-6(9)8-4-7(10)11;1-11-2-8-4-3(11)5(12)10-6(7)9-4;7-3-1-2-5-4(8)6-3/h5H,3-4H2,1-2H3,(H,8,9)(H,10,11);2H,1H3,(H3,7,9,10,12);1-2H2,(H2,5,6,7,8). The third-order valence-electron chi connectivity index (χ3n) is 3.52. The van der Waals surface area contributed by atoms with Crippen molar-refractivity contribution in [2.24, 2.45) is 13.0 Å². The number of H-pyrrole nitrogens is 1. The summed E-state index contributed by atoms with van der Waals surface area (Å²) in [6.07, 6.45) is 2.30. The minimum Gasteiger partial charge on any atom is -0.480 e. The van der Waals surface area contributed by atoms with E-state index < -0.39 is 5.97 Å². The van der Waals surface area contributed by atoms with E-state index in [1.165, 1.54) is 6.33 Å². The zero-order valence-corrected chi connectivity index (χ0v) is 17.4. The molecule has 1 aliphatic rings. The van der Waals surface area contributed by atoms with Crippen molar-refractivity contribution >= 4 is 40.9 Å². The van der Waals surface area contributed by atoms with Crippen LogP contribution in [0.2, 0.25) is 0 Å². The van der Waals surface area contributed by atoms with Gasteiger partial charge in [0.25, 0.3) is 5.56 Å². The largest absolute Gasteiger partial charge is 0.480 e. The monoisotopic (exact) mass is 438 g/mol. The fraction of sp³-hybridized carbons (Fsp3) is 0.471. The van der Waals surface area contributed by atoms with E-state index in [0.29, 0.717) is 30.6 Å². The number of carboxylic acids is 1. The summed E-state index contributed by atoms with van der Waals surface area (Å²) >= 11 is 0. The van der Waals surface area contributed by atoms with Gasteiger partial charge in [-0.3, -0.25) is 29.5 Å². The Morgan fingerprint density at radius 1 is 1.32 bits per heavy atom. The van der Waals surface area contributed by atoms with Gasteiger partial charge >= 0.3 is 12.0 Å². The maximum Gasteiger partial charge on any atom is 0.322 e. The lowest BCUT2D eigenvalue weighted by Crippen LogP contribution is -2.46. The molecule has 31 heavy (non-hydrogen) atoms. The lowest BCUT2D eigenvalue weighted by molar-refractivity contribution is -0.138. The number of aromatic nitrogens is 4. The molecule has 4 amide bonds. The Balaban J connectivity index is 0.000000237. The molecule has 1 aliphatic heterocycles. The maximum atomic E-state index is 11.2. The molecular formula is C17H26N8O6. The van der Waals surface area contributed by atoms with Gasteiger partial charge in [-0.15, -0.1) is 0 Å². The number of carbonyl (C=O) groups excluding carboxylic acids is 3. The second-order valence-electron chi connectivity index (χ2n) is 6.80. The van der Waals surface area contributed by atoms with Crippen molar-refractivity contribution in [2.45, 2.75) is 26.7 Å². The second-order valence-corrected chi connectivity index (χ2v) is 6.80. The number of hydrogen-bond donors (Lipinski definition) is 6. The summed E-state index contributed by atoms with van der Waals surface area (Å²) in [6.45, 7) is 3.98. The summed E-state index contributed by atoms with van der Waals surface area (Å²) in [7, 11) is 1.72. The first-order chi connectivity index (χ1) is 14.5. The molecule has 1 fully saturated rings. The van der Waals surface area contributed by atoms with E-state index in [0.717, 1.165) is 0 Å². The number of carbonyl (C=O) groups is 4. The number of imide groups is 1.